The summed E-state index contributed by atoms with van der Waals surface area (Å²) in [6.07, 6.45) is 0. The Labute approximate surface area is 67.2 Å². The van der Waals surface area contributed by atoms with Crippen molar-refractivity contribution >= 4 is 18.4 Å². The highest BCUT2D eigenvalue weighted by Gasteiger charge is 1.95. The van der Waals surface area contributed by atoms with Crippen LogP contribution in [0.25, 0.3) is 0 Å². The summed E-state index contributed by atoms with van der Waals surface area (Å²) in [4.78, 5) is 9.92. The van der Waals surface area contributed by atoms with Crippen molar-refractivity contribution in [1.82, 2.24) is 5.32 Å². The maximum atomic E-state index is 9.92. The minimum atomic E-state index is -0.796. The number of carboxylic acid groups (broad SMARTS) is 1. The molecule has 4 heteroatoms. The van der Waals surface area contributed by atoms with E-state index >= 15 is 0 Å². The van der Waals surface area contributed by atoms with Crippen LogP contribution >= 0.6 is 12.4 Å². The molecule has 0 aromatic carbocycles. The van der Waals surface area contributed by atoms with E-state index in [0.717, 1.165) is 6.54 Å². The summed E-state index contributed by atoms with van der Waals surface area (Å²) in [6.45, 7) is 4.91. The van der Waals surface area contributed by atoms with Gasteiger partial charge in [0.25, 0.3) is 0 Å². The van der Waals surface area contributed by atoms with Gasteiger partial charge in [-0.25, -0.2) is 0 Å². The number of carbonyl (C=O) groups is 1. The second-order valence-corrected chi connectivity index (χ2v) is 2.42. The van der Waals surface area contributed by atoms with E-state index < -0.39 is 5.97 Å². The molecule has 0 aromatic rings. The Balaban J connectivity index is 0. The third-order valence-corrected chi connectivity index (χ3v) is 0.829. The molecule has 0 heterocycles. The quantitative estimate of drug-likeness (QED) is 0.650. The molecule has 0 saturated heterocycles. The molecule has 0 saturated carbocycles. The van der Waals surface area contributed by atoms with Gasteiger partial charge in [0.1, 0.15) is 0 Å². The highest BCUT2D eigenvalue weighted by atomic mass is 35.5. The van der Waals surface area contributed by atoms with Crippen LogP contribution in [0.3, 0.4) is 0 Å². The Hall–Kier alpha value is -0.280. The molecule has 0 aliphatic rings. The fourth-order valence-electron chi connectivity index (χ4n) is 0.468. The van der Waals surface area contributed by atoms with E-state index in [1.807, 2.05) is 13.8 Å². The third-order valence-electron chi connectivity index (χ3n) is 0.829. The zero-order valence-electron chi connectivity index (χ0n) is 6.26. The summed E-state index contributed by atoms with van der Waals surface area (Å²) in [5.41, 5.74) is 0. The minimum absolute atomic E-state index is 0. The van der Waals surface area contributed by atoms with Gasteiger partial charge < -0.3 is 10.4 Å². The van der Waals surface area contributed by atoms with Crippen molar-refractivity contribution in [1.29, 1.82) is 0 Å². The van der Waals surface area contributed by atoms with Crippen LogP contribution in [0, 0.1) is 5.92 Å². The van der Waals surface area contributed by atoms with Gasteiger partial charge in [-0.3, -0.25) is 4.79 Å². The summed E-state index contributed by atoms with van der Waals surface area (Å²) >= 11 is 0. The van der Waals surface area contributed by atoms with Crippen LogP contribution in [0.15, 0.2) is 0 Å². The number of hydrogen-bond acceptors (Lipinski definition) is 2. The fraction of sp³-hybridized carbons (Fsp3) is 0.833. The molecule has 10 heavy (non-hydrogen) atoms. The van der Waals surface area contributed by atoms with Crippen LogP contribution in [0.5, 0.6) is 0 Å². The average Bonchev–Trinajstić information content (AvgIpc) is 1.63. The molecule has 0 amide bonds. The number of halogens is 1. The van der Waals surface area contributed by atoms with Gasteiger partial charge in [-0.15, -0.1) is 12.4 Å². The Morgan fingerprint density at radius 1 is 1.60 bits per heavy atom. The summed E-state index contributed by atoms with van der Waals surface area (Å²) < 4.78 is 0. The molecule has 3 nitrogen and oxygen atoms in total. The molecule has 0 unspecified atom stereocenters. The monoisotopic (exact) mass is 167 g/mol. The van der Waals surface area contributed by atoms with Crippen molar-refractivity contribution < 1.29 is 9.90 Å². The Morgan fingerprint density at radius 2 is 2.10 bits per heavy atom. The molecule has 0 bridgehead atoms. The van der Waals surface area contributed by atoms with Gasteiger partial charge in [-0.05, 0) is 12.5 Å². The van der Waals surface area contributed by atoms with Gasteiger partial charge in [-0.2, -0.15) is 0 Å². The number of hydrogen-bond donors (Lipinski definition) is 2. The van der Waals surface area contributed by atoms with Crippen LogP contribution in [0.1, 0.15) is 13.8 Å². The predicted octanol–water partition coefficient (Wildman–Crippen LogP) is 0.738. The second-order valence-electron chi connectivity index (χ2n) is 2.42. The van der Waals surface area contributed by atoms with Gasteiger partial charge in [0.15, 0.2) is 0 Å². The fourth-order valence-corrected chi connectivity index (χ4v) is 0.468. The van der Waals surface area contributed by atoms with E-state index in [0.29, 0.717) is 5.92 Å². The van der Waals surface area contributed by atoms with Crippen LogP contribution in [0.4, 0.5) is 0 Å². The van der Waals surface area contributed by atoms with Crippen molar-refractivity contribution in [2.75, 3.05) is 13.1 Å². The first-order valence-electron chi connectivity index (χ1n) is 3.05. The molecular weight excluding hydrogens is 154 g/mol. The zero-order valence-corrected chi connectivity index (χ0v) is 7.07. The van der Waals surface area contributed by atoms with E-state index in [1.165, 1.54) is 0 Å². The topological polar surface area (TPSA) is 49.3 Å². The summed E-state index contributed by atoms with van der Waals surface area (Å²) in [5.74, 6) is -0.278. The summed E-state index contributed by atoms with van der Waals surface area (Å²) in [7, 11) is 0. The molecule has 62 valence electrons. The van der Waals surface area contributed by atoms with Gasteiger partial charge >= 0.3 is 5.97 Å². The molecule has 0 radical (unpaired) electrons. The van der Waals surface area contributed by atoms with Gasteiger partial charge in [0.05, 0.1) is 6.54 Å². The lowest BCUT2D eigenvalue weighted by atomic mass is 10.2. The van der Waals surface area contributed by atoms with Crippen molar-refractivity contribution in [3.63, 3.8) is 0 Å². The van der Waals surface area contributed by atoms with Crippen LogP contribution in [-0.2, 0) is 4.79 Å². The molecule has 0 fully saturated rings. The van der Waals surface area contributed by atoms with Crippen molar-refractivity contribution in [3.8, 4) is 0 Å². The maximum absolute atomic E-state index is 9.92. The smallest absolute Gasteiger partial charge is 0.317 e. The van der Waals surface area contributed by atoms with Crippen molar-refractivity contribution in [2.45, 2.75) is 13.8 Å². The Bertz CT molecular complexity index is 95.7. The summed E-state index contributed by atoms with van der Waals surface area (Å²) in [5, 5.41) is 10.9. The maximum Gasteiger partial charge on any atom is 0.317 e. The lowest BCUT2D eigenvalue weighted by molar-refractivity contribution is -0.135. The molecule has 0 atom stereocenters. The molecular formula is C6H14ClNO2. The highest BCUT2D eigenvalue weighted by Crippen LogP contribution is 1.85. The van der Waals surface area contributed by atoms with Gasteiger partial charge in [0, 0.05) is 0 Å². The van der Waals surface area contributed by atoms with E-state index in [-0.39, 0.29) is 19.0 Å². The lowest BCUT2D eigenvalue weighted by Gasteiger charge is -2.02. The SMILES string of the molecule is CC(C)CNCC(=O)O.Cl. The second kappa shape index (κ2) is 6.83. The predicted molar refractivity (Wildman–Crippen MR) is 42.6 cm³/mol. The first kappa shape index (κ1) is 12.4. The average molecular weight is 168 g/mol. The summed E-state index contributed by atoms with van der Waals surface area (Å²) in [6, 6.07) is 0. The molecule has 2 N–H and O–H groups in total. The van der Waals surface area contributed by atoms with Crippen molar-refractivity contribution in [2.24, 2.45) is 5.92 Å². The zero-order chi connectivity index (χ0) is 7.28. The number of aliphatic carboxylic acids is 1. The van der Waals surface area contributed by atoms with Crippen molar-refractivity contribution in [3.05, 3.63) is 0 Å². The standard InChI is InChI=1S/C6H13NO2.ClH/c1-5(2)3-7-4-6(8)9;/h5,7H,3-4H2,1-2H3,(H,8,9);1H. The molecule has 0 aromatic heterocycles. The first-order valence-corrected chi connectivity index (χ1v) is 3.05. The molecule has 0 rings (SSSR count). The van der Waals surface area contributed by atoms with Crippen LogP contribution < -0.4 is 5.32 Å². The number of nitrogens with one attached hydrogen (secondary N) is 1. The molecule has 0 spiro atoms. The van der Waals surface area contributed by atoms with Crippen LogP contribution in [0.2, 0.25) is 0 Å². The number of rotatable bonds is 4. The first-order chi connectivity index (χ1) is 4.13. The largest absolute Gasteiger partial charge is 0.480 e. The van der Waals surface area contributed by atoms with Gasteiger partial charge in [-0.1, -0.05) is 13.8 Å². The molecule has 0 aliphatic heterocycles. The van der Waals surface area contributed by atoms with Gasteiger partial charge in [0.2, 0.25) is 0 Å². The Morgan fingerprint density at radius 3 is 2.40 bits per heavy atom. The molecule has 0 aliphatic carbocycles. The third kappa shape index (κ3) is 10.7. The minimum Gasteiger partial charge on any atom is -0.480 e. The van der Waals surface area contributed by atoms with E-state index in [1.54, 1.807) is 0 Å². The van der Waals surface area contributed by atoms with E-state index in [9.17, 15) is 4.79 Å². The van der Waals surface area contributed by atoms with E-state index in [4.69, 9.17) is 5.11 Å². The number of carboxylic acids is 1. The normalized spacial score (nSPS) is 9.10. The van der Waals surface area contributed by atoms with Crippen LogP contribution in [-0.4, -0.2) is 24.2 Å². The lowest BCUT2D eigenvalue weighted by Crippen LogP contribution is -2.26. The van der Waals surface area contributed by atoms with E-state index in [2.05, 4.69) is 5.32 Å². The Kier molecular flexibility index (Phi) is 8.48. The highest BCUT2D eigenvalue weighted by molar-refractivity contribution is 5.85.